The highest BCUT2D eigenvalue weighted by Gasteiger charge is 2.19. The fraction of sp³-hybridized carbons (Fsp3) is 0.0149. The molecule has 0 atom stereocenters. The molecule has 0 aromatic heterocycles. The molecule has 0 amide bonds. The normalized spacial score (nSPS) is 11.4. The van der Waals surface area contributed by atoms with E-state index in [1.165, 1.54) is 66.1 Å². The lowest BCUT2D eigenvalue weighted by Gasteiger charge is -2.26. The Kier molecular flexibility index (Phi) is 12.3. The van der Waals surface area contributed by atoms with Crippen molar-refractivity contribution in [2.75, 3.05) is 9.80 Å². The minimum atomic E-state index is 0.751. The van der Waals surface area contributed by atoms with Gasteiger partial charge in [0.1, 0.15) is 0 Å². The van der Waals surface area contributed by atoms with E-state index in [1.54, 1.807) is 0 Å². The smallest absolute Gasteiger partial charge is 0.0481 e. The molecule has 0 aliphatic carbocycles. The summed E-state index contributed by atoms with van der Waals surface area (Å²) in [6.45, 7) is 0.751. The molecule has 0 bridgehead atoms. The van der Waals surface area contributed by atoms with Gasteiger partial charge in [-0.2, -0.15) is 0 Å². The highest BCUT2D eigenvalue weighted by atomic mass is 15.1. The van der Waals surface area contributed by atoms with Gasteiger partial charge in [-0.15, -0.1) is 0 Å². The molecule has 0 saturated carbocycles. The van der Waals surface area contributed by atoms with E-state index in [9.17, 15) is 0 Å². The molecule has 0 saturated heterocycles. The van der Waals surface area contributed by atoms with Crippen LogP contribution in [0.3, 0.4) is 0 Å². The first kappa shape index (κ1) is 42.6. The Labute approximate surface area is 405 Å². The van der Waals surface area contributed by atoms with Crippen molar-refractivity contribution in [3.05, 3.63) is 295 Å². The molecule has 11 aromatic rings. The number of hydrogen-bond acceptors (Lipinski definition) is 2. The summed E-state index contributed by atoms with van der Waals surface area (Å²) in [6.07, 6.45) is 8.67. The average molecular weight is 883 g/mol. The quantitative estimate of drug-likeness (QED) is 0.0841. The zero-order valence-corrected chi connectivity index (χ0v) is 38.3. The molecule has 0 radical (unpaired) electrons. The van der Waals surface area contributed by atoms with E-state index in [4.69, 9.17) is 0 Å². The first-order valence-corrected chi connectivity index (χ1v) is 23.7. The van der Waals surface area contributed by atoms with Crippen molar-refractivity contribution in [2.24, 2.45) is 0 Å². The summed E-state index contributed by atoms with van der Waals surface area (Å²) in [7, 11) is 0. The van der Waals surface area contributed by atoms with Gasteiger partial charge in [0, 0.05) is 35.0 Å². The summed E-state index contributed by atoms with van der Waals surface area (Å²) < 4.78 is 0. The Balaban J connectivity index is 0.931. The summed E-state index contributed by atoms with van der Waals surface area (Å²) in [5, 5.41) is 4.93. The van der Waals surface area contributed by atoms with Crippen molar-refractivity contribution in [1.82, 2.24) is 0 Å². The Morgan fingerprint density at radius 1 is 0.246 bits per heavy atom. The monoisotopic (exact) mass is 882 g/mol. The SMILES string of the molecule is C(=Cc1ccc(N(Cc2ccccc2)c2ccc(-c3c4ccccc4c(-c4ccc(N(c5ccccc5)c5ccc(C=Cc6ccccc6)cc5)cc4)c4ccccc34)cc2)cc1)c1ccccc1. The minimum absolute atomic E-state index is 0.751. The van der Waals surface area contributed by atoms with Crippen LogP contribution in [0.25, 0.3) is 68.1 Å². The number of benzene rings is 11. The number of rotatable bonds is 13. The molecule has 0 aliphatic rings. The van der Waals surface area contributed by atoms with E-state index < -0.39 is 0 Å². The maximum absolute atomic E-state index is 2.41. The van der Waals surface area contributed by atoms with Gasteiger partial charge in [-0.3, -0.25) is 0 Å². The molecule has 0 heterocycles. The number of nitrogens with zero attached hydrogens (tertiary/aromatic N) is 2. The van der Waals surface area contributed by atoms with Crippen LogP contribution in [0.15, 0.2) is 267 Å². The van der Waals surface area contributed by atoms with Crippen molar-refractivity contribution in [3.63, 3.8) is 0 Å². The zero-order valence-electron chi connectivity index (χ0n) is 38.3. The van der Waals surface area contributed by atoms with E-state index in [-0.39, 0.29) is 0 Å². The van der Waals surface area contributed by atoms with Crippen molar-refractivity contribution in [2.45, 2.75) is 6.54 Å². The van der Waals surface area contributed by atoms with E-state index >= 15 is 0 Å². The van der Waals surface area contributed by atoms with Gasteiger partial charge in [0.15, 0.2) is 0 Å². The predicted octanol–water partition coefficient (Wildman–Crippen LogP) is 18.5. The third-order valence-corrected chi connectivity index (χ3v) is 12.9. The van der Waals surface area contributed by atoms with E-state index in [0.29, 0.717) is 0 Å². The van der Waals surface area contributed by atoms with Gasteiger partial charge >= 0.3 is 0 Å². The Morgan fingerprint density at radius 3 is 0.942 bits per heavy atom. The second kappa shape index (κ2) is 19.9. The van der Waals surface area contributed by atoms with Crippen molar-refractivity contribution < 1.29 is 0 Å². The fourth-order valence-electron chi connectivity index (χ4n) is 9.47. The first-order valence-electron chi connectivity index (χ1n) is 23.7. The summed E-state index contributed by atoms with van der Waals surface area (Å²) in [4.78, 5) is 4.74. The molecule has 11 rings (SSSR count). The maximum atomic E-state index is 2.41. The van der Waals surface area contributed by atoms with E-state index in [0.717, 1.165) is 40.5 Å². The summed E-state index contributed by atoms with van der Waals surface area (Å²) in [5.41, 5.74) is 16.4. The predicted molar refractivity (Wildman–Crippen MR) is 296 cm³/mol. The second-order valence-corrected chi connectivity index (χ2v) is 17.3. The second-order valence-electron chi connectivity index (χ2n) is 17.3. The van der Waals surface area contributed by atoms with Gasteiger partial charge in [0.25, 0.3) is 0 Å². The Hall–Kier alpha value is -8.98. The van der Waals surface area contributed by atoms with Gasteiger partial charge in [-0.1, -0.05) is 231 Å². The molecule has 0 N–H and O–H groups in total. The molecule has 0 unspecified atom stereocenters. The molecule has 328 valence electrons. The van der Waals surface area contributed by atoms with Gasteiger partial charge in [-0.25, -0.2) is 0 Å². The van der Waals surface area contributed by atoms with E-state index in [2.05, 4.69) is 295 Å². The molecule has 11 aromatic carbocycles. The van der Waals surface area contributed by atoms with Crippen molar-refractivity contribution in [3.8, 4) is 22.3 Å². The molecule has 0 aliphatic heterocycles. The molecule has 69 heavy (non-hydrogen) atoms. The Morgan fingerprint density at radius 2 is 0.536 bits per heavy atom. The lowest BCUT2D eigenvalue weighted by atomic mass is 9.86. The molecular formula is C67H50N2. The van der Waals surface area contributed by atoms with Crippen LogP contribution in [0.1, 0.15) is 27.8 Å². The first-order chi connectivity index (χ1) is 34.2. The van der Waals surface area contributed by atoms with Crippen LogP contribution in [-0.4, -0.2) is 0 Å². The van der Waals surface area contributed by atoms with Crippen LogP contribution in [0.2, 0.25) is 0 Å². The fourth-order valence-corrected chi connectivity index (χ4v) is 9.47. The van der Waals surface area contributed by atoms with Crippen LogP contribution >= 0.6 is 0 Å². The molecule has 0 spiro atoms. The van der Waals surface area contributed by atoms with Crippen LogP contribution in [-0.2, 0) is 6.54 Å². The average Bonchev–Trinajstić information content (AvgIpc) is 3.43. The standard InChI is InChI=1S/C67H50N2/c1-5-17-50(18-6-1)29-31-52-33-41-57(42-34-52)68(49-54-21-9-3-10-22-54)58-45-37-55(38-46-58)66-62-25-13-15-27-64(62)67(65-28-16-14-26-63(65)66)56-39-47-61(48-40-56)69(59-23-11-4-12-24-59)60-43-35-53(36-44-60)32-30-51-19-7-2-8-20-51/h1-48H,49H2. The largest absolute Gasteiger partial charge is 0.337 e. The lowest BCUT2D eigenvalue weighted by molar-refractivity contribution is 0.975. The van der Waals surface area contributed by atoms with Gasteiger partial charge in [0.2, 0.25) is 0 Å². The van der Waals surface area contributed by atoms with Crippen molar-refractivity contribution in [1.29, 1.82) is 0 Å². The molecule has 2 nitrogen and oxygen atoms in total. The van der Waals surface area contributed by atoms with Gasteiger partial charge < -0.3 is 9.80 Å². The number of anilines is 5. The van der Waals surface area contributed by atoms with Crippen LogP contribution in [0.4, 0.5) is 28.4 Å². The summed E-state index contributed by atoms with van der Waals surface area (Å²) in [5.74, 6) is 0. The molecule has 0 fully saturated rings. The number of fused-ring (bicyclic) bond motifs is 2. The van der Waals surface area contributed by atoms with E-state index in [1.807, 2.05) is 6.07 Å². The van der Waals surface area contributed by atoms with Crippen LogP contribution in [0, 0.1) is 0 Å². The maximum Gasteiger partial charge on any atom is 0.0481 e. The Bertz CT molecular complexity index is 3450. The summed E-state index contributed by atoms with van der Waals surface area (Å²) in [6, 6.07) is 96.0. The number of hydrogen-bond donors (Lipinski definition) is 0. The number of para-hydroxylation sites is 1. The highest BCUT2D eigenvalue weighted by Crippen LogP contribution is 2.45. The molecule has 2 heteroatoms. The third-order valence-electron chi connectivity index (χ3n) is 12.9. The molecular weight excluding hydrogens is 833 g/mol. The van der Waals surface area contributed by atoms with Gasteiger partial charge in [-0.05, 0) is 132 Å². The van der Waals surface area contributed by atoms with Crippen molar-refractivity contribution >= 4 is 74.3 Å². The van der Waals surface area contributed by atoms with Crippen LogP contribution < -0.4 is 9.80 Å². The minimum Gasteiger partial charge on any atom is -0.337 e. The zero-order chi connectivity index (χ0) is 46.2. The lowest BCUT2D eigenvalue weighted by Crippen LogP contribution is -2.16. The third kappa shape index (κ3) is 9.38. The highest BCUT2D eigenvalue weighted by molar-refractivity contribution is 6.21. The van der Waals surface area contributed by atoms with Gasteiger partial charge in [0.05, 0.1) is 0 Å². The topological polar surface area (TPSA) is 6.48 Å². The van der Waals surface area contributed by atoms with Crippen LogP contribution in [0.5, 0.6) is 0 Å². The summed E-state index contributed by atoms with van der Waals surface area (Å²) >= 11 is 0.